The molecule has 2 aromatic carbocycles. The van der Waals surface area contributed by atoms with Gasteiger partial charge in [0.1, 0.15) is 12.4 Å². The van der Waals surface area contributed by atoms with Crippen molar-refractivity contribution >= 4 is 23.0 Å². The van der Waals surface area contributed by atoms with Crippen molar-refractivity contribution in [2.75, 3.05) is 11.5 Å². The minimum atomic E-state index is -0.217. The van der Waals surface area contributed by atoms with E-state index in [1.54, 1.807) is 0 Å². The number of nitrogens with zero attached hydrogens (tertiary/aromatic N) is 3. The third-order valence-electron chi connectivity index (χ3n) is 2.96. The van der Waals surface area contributed by atoms with Crippen LogP contribution in [-0.4, -0.2) is 17.9 Å². The van der Waals surface area contributed by atoms with Crippen molar-refractivity contribution in [3.05, 3.63) is 60.7 Å². The molecule has 0 radical (unpaired) electrons. The molecule has 20 heavy (non-hydrogen) atoms. The van der Waals surface area contributed by atoms with Crippen LogP contribution in [0.3, 0.4) is 0 Å². The molecule has 1 unspecified atom stereocenters. The van der Waals surface area contributed by atoms with E-state index in [4.69, 9.17) is 17.0 Å². The van der Waals surface area contributed by atoms with E-state index in [2.05, 4.69) is 10.2 Å². The van der Waals surface area contributed by atoms with Gasteiger partial charge < -0.3 is 4.74 Å². The first-order chi connectivity index (χ1) is 9.84. The van der Waals surface area contributed by atoms with Gasteiger partial charge >= 0.3 is 0 Å². The van der Waals surface area contributed by atoms with Gasteiger partial charge in [0.2, 0.25) is 5.11 Å². The van der Waals surface area contributed by atoms with Crippen molar-refractivity contribution < 1.29 is 4.74 Å². The van der Waals surface area contributed by atoms with Crippen LogP contribution >= 0.6 is 12.2 Å². The fraction of sp³-hybridized carbons (Fsp3) is 0.133. The Bertz CT molecular complexity index is 616. The summed E-state index contributed by atoms with van der Waals surface area (Å²) < 4.78 is 5.73. The van der Waals surface area contributed by atoms with E-state index in [9.17, 15) is 0 Å². The molecule has 0 amide bonds. The molecule has 5 heteroatoms. The number of benzene rings is 2. The molecule has 1 atom stereocenters. The largest absolute Gasteiger partial charge is 0.489 e. The number of hydrogen-bond donors (Lipinski definition) is 0. The summed E-state index contributed by atoms with van der Waals surface area (Å²) >= 11 is 5.24. The Hall–Kier alpha value is -2.27. The van der Waals surface area contributed by atoms with Gasteiger partial charge in [-0.1, -0.05) is 36.4 Å². The molecule has 0 aliphatic carbocycles. The predicted octanol–water partition coefficient (Wildman–Crippen LogP) is 3.65. The molecule has 1 aliphatic rings. The standard InChI is InChI=1S/C15H13N3OS/c20-15-17-16-14(11-19-13-9-5-2-6-10-13)18(15)12-7-3-1-4-8-12/h1-10,14H,11H2. The van der Waals surface area contributed by atoms with E-state index in [-0.39, 0.29) is 6.17 Å². The van der Waals surface area contributed by atoms with Crippen molar-refractivity contribution in [2.45, 2.75) is 6.17 Å². The fourth-order valence-corrected chi connectivity index (χ4v) is 2.28. The molecule has 0 saturated carbocycles. The highest BCUT2D eigenvalue weighted by Gasteiger charge is 2.28. The summed E-state index contributed by atoms with van der Waals surface area (Å²) in [6.07, 6.45) is -0.217. The van der Waals surface area contributed by atoms with Crippen LogP contribution < -0.4 is 9.64 Å². The van der Waals surface area contributed by atoms with E-state index in [1.165, 1.54) is 0 Å². The maximum absolute atomic E-state index is 5.73. The Morgan fingerprint density at radius 1 is 1.00 bits per heavy atom. The second kappa shape index (κ2) is 5.79. The van der Waals surface area contributed by atoms with Gasteiger partial charge in [-0.25, -0.2) is 0 Å². The molecule has 0 saturated heterocycles. The summed E-state index contributed by atoms with van der Waals surface area (Å²) in [7, 11) is 0. The number of azo groups is 1. The smallest absolute Gasteiger partial charge is 0.222 e. The van der Waals surface area contributed by atoms with Crippen LogP contribution in [0, 0.1) is 0 Å². The van der Waals surface area contributed by atoms with Gasteiger partial charge in [-0.05, 0) is 36.5 Å². The lowest BCUT2D eigenvalue weighted by atomic mass is 10.3. The zero-order chi connectivity index (χ0) is 13.8. The molecular formula is C15H13N3OS. The lowest BCUT2D eigenvalue weighted by Gasteiger charge is -2.23. The molecule has 3 rings (SSSR count). The number of para-hydroxylation sites is 2. The van der Waals surface area contributed by atoms with E-state index in [0.29, 0.717) is 11.7 Å². The quantitative estimate of drug-likeness (QED) is 0.804. The predicted molar refractivity (Wildman–Crippen MR) is 82.1 cm³/mol. The fourth-order valence-electron chi connectivity index (χ4n) is 2.01. The zero-order valence-corrected chi connectivity index (χ0v) is 11.5. The summed E-state index contributed by atoms with van der Waals surface area (Å²) in [5.41, 5.74) is 0.976. The first kappa shape index (κ1) is 12.7. The van der Waals surface area contributed by atoms with E-state index in [1.807, 2.05) is 65.6 Å². The molecule has 100 valence electrons. The average molecular weight is 283 g/mol. The second-order valence-corrected chi connectivity index (χ2v) is 4.67. The highest BCUT2D eigenvalue weighted by Crippen LogP contribution is 2.24. The lowest BCUT2D eigenvalue weighted by molar-refractivity contribution is 0.293. The molecule has 0 fully saturated rings. The molecule has 1 aliphatic heterocycles. The Kier molecular flexibility index (Phi) is 3.69. The van der Waals surface area contributed by atoms with Crippen LogP contribution in [0.2, 0.25) is 0 Å². The van der Waals surface area contributed by atoms with Gasteiger partial charge in [-0.3, -0.25) is 4.90 Å². The molecule has 4 nitrogen and oxygen atoms in total. The summed E-state index contributed by atoms with van der Waals surface area (Å²) in [6.45, 7) is 0.405. The summed E-state index contributed by atoms with van der Waals surface area (Å²) in [6, 6.07) is 19.5. The Labute approximate surface area is 122 Å². The normalized spacial score (nSPS) is 17.5. The molecule has 1 heterocycles. The maximum atomic E-state index is 5.73. The molecule has 0 spiro atoms. The van der Waals surface area contributed by atoms with Crippen LogP contribution in [-0.2, 0) is 0 Å². The number of hydrogen-bond acceptors (Lipinski definition) is 3. The van der Waals surface area contributed by atoms with E-state index >= 15 is 0 Å². The second-order valence-electron chi connectivity index (χ2n) is 4.31. The number of rotatable bonds is 4. The summed E-state index contributed by atoms with van der Waals surface area (Å²) in [4.78, 5) is 1.90. The molecule has 0 aromatic heterocycles. The molecule has 0 N–H and O–H groups in total. The third kappa shape index (κ3) is 2.67. The first-order valence-corrected chi connectivity index (χ1v) is 6.72. The van der Waals surface area contributed by atoms with Gasteiger partial charge in [0.25, 0.3) is 0 Å². The Balaban J connectivity index is 1.72. The van der Waals surface area contributed by atoms with Crippen molar-refractivity contribution in [2.24, 2.45) is 10.2 Å². The highest BCUT2D eigenvalue weighted by atomic mass is 32.1. The molecule has 0 bridgehead atoms. The SMILES string of the molecule is S=C1N=NC(COc2ccccc2)N1c1ccccc1. The number of thiocarbonyl (C=S) groups is 1. The van der Waals surface area contributed by atoms with Crippen LogP contribution in [0.15, 0.2) is 70.9 Å². The van der Waals surface area contributed by atoms with Gasteiger partial charge in [0.05, 0.1) is 0 Å². The van der Waals surface area contributed by atoms with E-state index in [0.717, 1.165) is 11.4 Å². The highest BCUT2D eigenvalue weighted by molar-refractivity contribution is 7.80. The molecule has 2 aromatic rings. The van der Waals surface area contributed by atoms with E-state index < -0.39 is 0 Å². The maximum Gasteiger partial charge on any atom is 0.222 e. The van der Waals surface area contributed by atoms with Gasteiger partial charge in [0.15, 0.2) is 6.17 Å². The van der Waals surface area contributed by atoms with Gasteiger partial charge in [-0.2, -0.15) is 5.11 Å². The minimum Gasteiger partial charge on any atom is -0.489 e. The minimum absolute atomic E-state index is 0.217. The van der Waals surface area contributed by atoms with Crippen LogP contribution in [0.1, 0.15) is 0 Å². The lowest BCUT2D eigenvalue weighted by Crippen LogP contribution is -2.36. The summed E-state index contributed by atoms with van der Waals surface area (Å²) in [5.74, 6) is 0.813. The number of anilines is 1. The monoisotopic (exact) mass is 283 g/mol. The van der Waals surface area contributed by atoms with Crippen molar-refractivity contribution in [1.82, 2.24) is 0 Å². The van der Waals surface area contributed by atoms with Gasteiger partial charge in [0, 0.05) is 5.69 Å². The van der Waals surface area contributed by atoms with Crippen LogP contribution in [0.25, 0.3) is 0 Å². The number of ether oxygens (including phenoxy) is 1. The van der Waals surface area contributed by atoms with Crippen molar-refractivity contribution in [1.29, 1.82) is 0 Å². The zero-order valence-electron chi connectivity index (χ0n) is 10.7. The molecular weight excluding hydrogens is 270 g/mol. The topological polar surface area (TPSA) is 37.2 Å². The third-order valence-corrected chi connectivity index (χ3v) is 3.24. The van der Waals surface area contributed by atoms with Crippen molar-refractivity contribution in [3.63, 3.8) is 0 Å². The van der Waals surface area contributed by atoms with Gasteiger partial charge in [-0.15, -0.1) is 5.11 Å². The van der Waals surface area contributed by atoms with Crippen LogP contribution in [0.5, 0.6) is 5.75 Å². The Morgan fingerprint density at radius 3 is 2.35 bits per heavy atom. The first-order valence-electron chi connectivity index (χ1n) is 6.31. The summed E-state index contributed by atoms with van der Waals surface area (Å²) in [5, 5.41) is 8.63. The van der Waals surface area contributed by atoms with Crippen LogP contribution in [0.4, 0.5) is 5.69 Å². The van der Waals surface area contributed by atoms with Crippen molar-refractivity contribution in [3.8, 4) is 5.75 Å². The Morgan fingerprint density at radius 2 is 1.65 bits per heavy atom. The average Bonchev–Trinajstić information content (AvgIpc) is 2.88.